The van der Waals surface area contributed by atoms with E-state index in [0.29, 0.717) is 0 Å². The van der Waals surface area contributed by atoms with Crippen molar-refractivity contribution in [2.24, 2.45) is 7.05 Å². The molecule has 1 heterocycles. The van der Waals surface area contributed by atoms with E-state index in [4.69, 9.17) is 9.47 Å². The number of aromatic nitrogens is 2. The number of nitrogens with one attached hydrogen (secondary N) is 1. The predicted molar refractivity (Wildman–Crippen MR) is 79.5 cm³/mol. The molecule has 1 aromatic carbocycles. The molecule has 5 nitrogen and oxygen atoms in total. The molecule has 0 radical (unpaired) electrons. The van der Waals surface area contributed by atoms with Crippen molar-refractivity contribution in [3.8, 4) is 11.5 Å². The van der Waals surface area contributed by atoms with Crippen LogP contribution in [-0.2, 0) is 20.0 Å². The summed E-state index contributed by atoms with van der Waals surface area (Å²) < 4.78 is 12.4. The molecule has 0 bridgehead atoms. The number of hydrogen-bond acceptors (Lipinski definition) is 4. The van der Waals surface area contributed by atoms with Crippen LogP contribution < -0.4 is 14.8 Å². The number of anilines is 1. The van der Waals surface area contributed by atoms with Gasteiger partial charge in [0.05, 0.1) is 32.2 Å². The molecule has 1 N–H and O–H groups in total. The van der Waals surface area contributed by atoms with Crippen LogP contribution in [0.4, 0.5) is 5.69 Å². The third-order valence-corrected chi connectivity index (χ3v) is 3.25. The maximum atomic E-state index is 5.29. The summed E-state index contributed by atoms with van der Waals surface area (Å²) in [5.74, 6) is 1.45. The highest BCUT2D eigenvalue weighted by Gasteiger charge is 2.06. The monoisotopic (exact) mass is 275 g/mol. The van der Waals surface area contributed by atoms with Gasteiger partial charge in [-0.05, 0) is 24.6 Å². The topological polar surface area (TPSA) is 48.3 Å². The Kier molecular flexibility index (Phi) is 4.50. The van der Waals surface area contributed by atoms with Crippen molar-refractivity contribution >= 4 is 5.69 Å². The molecule has 0 unspecified atom stereocenters. The van der Waals surface area contributed by atoms with Gasteiger partial charge in [-0.15, -0.1) is 0 Å². The maximum Gasteiger partial charge on any atom is 0.162 e. The second kappa shape index (κ2) is 6.32. The molecule has 0 atom stereocenters. The van der Waals surface area contributed by atoms with Crippen molar-refractivity contribution in [1.82, 2.24) is 9.78 Å². The van der Waals surface area contributed by atoms with E-state index >= 15 is 0 Å². The Morgan fingerprint density at radius 1 is 1.15 bits per heavy atom. The maximum absolute atomic E-state index is 5.29. The lowest BCUT2D eigenvalue weighted by Crippen LogP contribution is -2.05. The summed E-state index contributed by atoms with van der Waals surface area (Å²) in [6.45, 7) is 2.83. The standard InChI is InChI=1S/C15H21N3O2/c1-5-11-8-13(18(2)17-11)10-16-12-6-7-14(19-3)15(9-12)20-4/h6-9,16H,5,10H2,1-4H3. The molecule has 20 heavy (non-hydrogen) atoms. The Morgan fingerprint density at radius 3 is 2.50 bits per heavy atom. The van der Waals surface area contributed by atoms with Gasteiger partial charge in [0.15, 0.2) is 11.5 Å². The second-order valence-corrected chi connectivity index (χ2v) is 4.53. The van der Waals surface area contributed by atoms with Crippen molar-refractivity contribution in [2.75, 3.05) is 19.5 Å². The molecular formula is C15H21N3O2. The van der Waals surface area contributed by atoms with Gasteiger partial charge in [-0.25, -0.2) is 0 Å². The quantitative estimate of drug-likeness (QED) is 0.880. The molecule has 0 saturated carbocycles. The van der Waals surface area contributed by atoms with Gasteiger partial charge in [0.2, 0.25) is 0 Å². The van der Waals surface area contributed by atoms with Gasteiger partial charge in [-0.1, -0.05) is 6.92 Å². The van der Waals surface area contributed by atoms with Gasteiger partial charge < -0.3 is 14.8 Å². The third kappa shape index (κ3) is 3.04. The van der Waals surface area contributed by atoms with Crippen LogP contribution >= 0.6 is 0 Å². The van der Waals surface area contributed by atoms with Gasteiger partial charge in [-0.3, -0.25) is 4.68 Å². The summed E-state index contributed by atoms with van der Waals surface area (Å²) in [5, 5.41) is 7.80. The highest BCUT2D eigenvalue weighted by atomic mass is 16.5. The first-order chi connectivity index (χ1) is 9.67. The first-order valence-electron chi connectivity index (χ1n) is 6.65. The highest BCUT2D eigenvalue weighted by Crippen LogP contribution is 2.29. The van der Waals surface area contributed by atoms with Gasteiger partial charge in [0, 0.05) is 18.8 Å². The van der Waals surface area contributed by atoms with Crippen LogP contribution in [0.15, 0.2) is 24.3 Å². The molecule has 0 aliphatic rings. The zero-order valence-corrected chi connectivity index (χ0v) is 12.4. The van der Waals surface area contributed by atoms with Crippen LogP contribution in [-0.4, -0.2) is 24.0 Å². The van der Waals surface area contributed by atoms with Crippen LogP contribution in [0, 0.1) is 0 Å². The van der Waals surface area contributed by atoms with E-state index in [-0.39, 0.29) is 0 Å². The molecule has 108 valence electrons. The third-order valence-electron chi connectivity index (χ3n) is 3.25. The van der Waals surface area contributed by atoms with Crippen molar-refractivity contribution < 1.29 is 9.47 Å². The zero-order chi connectivity index (χ0) is 14.5. The smallest absolute Gasteiger partial charge is 0.162 e. The van der Waals surface area contributed by atoms with Crippen LogP contribution in [0.5, 0.6) is 11.5 Å². The lowest BCUT2D eigenvalue weighted by molar-refractivity contribution is 0.355. The van der Waals surface area contributed by atoms with E-state index in [2.05, 4.69) is 23.4 Å². The summed E-state index contributed by atoms with van der Waals surface area (Å²) >= 11 is 0. The molecule has 0 aliphatic heterocycles. The van der Waals surface area contributed by atoms with E-state index in [1.165, 1.54) is 0 Å². The average Bonchev–Trinajstić information content (AvgIpc) is 2.85. The fourth-order valence-corrected chi connectivity index (χ4v) is 2.05. The molecule has 5 heteroatoms. The fourth-order valence-electron chi connectivity index (χ4n) is 2.05. The minimum absolute atomic E-state index is 0.719. The molecule has 0 spiro atoms. The number of methoxy groups -OCH3 is 2. The Hall–Kier alpha value is -2.17. The zero-order valence-electron chi connectivity index (χ0n) is 12.4. The van der Waals surface area contributed by atoms with Gasteiger partial charge in [0.1, 0.15) is 0 Å². The Labute approximate surface area is 119 Å². The number of benzene rings is 1. The molecule has 2 aromatic rings. The normalized spacial score (nSPS) is 10.4. The van der Waals surface area contributed by atoms with Gasteiger partial charge in [-0.2, -0.15) is 5.10 Å². The lowest BCUT2D eigenvalue weighted by Gasteiger charge is -2.11. The number of ether oxygens (including phenoxy) is 2. The number of rotatable bonds is 6. The summed E-state index contributed by atoms with van der Waals surface area (Å²) in [6.07, 6.45) is 0.949. The average molecular weight is 275 g/mol. The number of hydrogen-bond donors (Lipinski definition) is 1. The van der Waals surface area contributed by atoms with Crippen LogP contribution in [0.3, 0.4) is 0 Å². The van der Waals surface area contributed by atoms with Crippen molar-refractivity contribution in [3.05, 3.63) is 35.7 Å². The summed E-state index contributed by atoms with van der Waals surface area (Å²) in [4.78, 5) is 0. The molecule has 0 fully saturated rings. The van der Waals surface area contributed by atoms with E-state index < -0.39 is 0 Å². The fraction of sp³-hybridized carbons (Fsp3) is 0.400. The van der Waals surface area contributed by atoms with E-state index in [9.17, 15) is 0 Å². The van der Waals surface area contributed by atoms with Crippen LogP contribution in [0.1, 0.15) is 18.3 Å². The van der Waals surface area contributed by atoms with E-state index in [1.807, 2.05) is 29.9 Å². The lowest BCUT2D eigenvalue weighted by atomic mass is 10.2. The van der Waals surface area contributed by atoms with Gasteiger partial charge in [0.25, 0.3) is 0 Å². The molecule has 1 aromatic heterocycles. The SMILES string of the molecule is CCc1cc(CNc2ccc(OC)c(OC)c2)n(C)n1. The Balaban J connectivity index is 2.08. The van der Waals surface area contributed by atoms with Crippen molar-refractivity contribution in [2.45, 2.75) is 19.9 Å². The highest BCUT2D eigenvalue weighted by molar-refractivity contribution is 5.54. The van der Waals surface area contributed by atoms with Crippen LogP contribution in [0.25, 0.3) is 0 Å². The molecule has 0 aliphatic carbocycles. The van der Waals surface area contributed by atoms with E-state index in [0.717, 1.165) is 41.5 Å². The van der Waals surface area contributed by atoms with Crippen molar-refractivity contribution in [3.63, 3.8) is 0 Å². The molecule has 0 amide bonds. The molecular weight excluding hydrogens is 254 g/mol. The van der Waals surface area contributed by atoms with E-state index in [1.54, 1.807) is 14.2 Å². The first kappa shape index (κ1) is 14.2. The first-order valence-corrected chi connectivity index (χ1v) is 6.65. The Bertz CT molecular complexity index is 578. The number of nitrogens with zero attached hydrogens (tertiary/aromatic N) is 2. The molecule has 2 rings (SSSR count). The summed E-state index contributed by atoms with van der Waals surface area (Å²) in [6, 6.07) is 7.91. The minimum atomic E-state index is 0.719. The molecule has 0 saturated heterocycles. The summed E-state index contributed by atoms with van der Waals surface area (Å²) in [5.41, 5.74) is 3.25. The second-order valence-electron chi connectivity index (χ2n) is 4.53. The van der Waals surface area contributed by atoms with Crippen LogP contribution in [0.2, 0.25) is 0 Å². The largest absolute Gasteiger partial charge is 0.493 e. The minimum Gasteiger partial charge on any atom is -0.493 e. The van der Waals surface area contributed by atoms with Crippen molar-refractivity contribution in [1.29, 1.82) is 0 Å². The van der Waals surface area contributed by atoms with Gasteiger partial charge >= 0.3 is 0 Å². The summed E-state index contributed by atoms with van der Waals surface area (Å²) in [7, 11) is 5.23. The Morgan fingerprint density at radius 2 is 1.90 bits per heavy atom. The predicted octanol–water partition coefficient (Wildman–Crippen LogP) is 2.61. The number of aryl methyl sites for hydroxylation is 2.